The lowest BCUT2D eigenvalue weighted by molar-refractivity contribution is -0.118. The van der Waals surface area contributed by atoms with Gasteiger partial charge < -0.3 is 5.32 Å². The fraction of sp³-hybridized carbons (Fsp3) is 0.667. The molecule has 0 saturated carbocycles. The van der Waals surface area contributed by atoms with Crippen molar-refractivity contribution in [1.82, 2.24) is 5.32 Å². The first kappa shape index (κ1) is 9.49. The molecule has 0 fully saturated rings. The van der Waals surface area contributed by atoms with Crippen LogP contribution in [0.15, 0.2) is 0 Å². The van der Waals surface area contributed by atoms with Gasteiger partial charge in [-0.3, -0.25) is 9.59 Å². The zero-order valence-electron chi connectivity index (χ0n) is 6.14. The van der Waals surface area contributed by atoms with Crippen molar-refractivity contribution >= 4 is 22.8 Å². The molecule has 0 aromatic rings. The molecule has 58 valence electrons. The number of rotatable bonds is 3. The topological polar surface area (TPSA) is 46.2 Å². The molecule has 0 rings (SSSR count). The number of amides is 1. The first-order valence-electron chi connectivity index (χ1n) is 3.00. The van der Waals surface area contributed by atoms with E-state index in [2.05, 4.69) is 5.32 Å². The molecule has 1 amide bonds. The minimum absolute atomic E-state index is 0.0517. The zero-order chi connectivity index (χ0) is 7.98. The van der Waals surface area contributed by atoms with Crippen LogP contribution < -0.4 is 5.32 Å². The summed E-state index contributed by atoms with van der Waals surface area (Å²) in [5.41, 5.74) is 0. The second kappa shape index (κ2) is 5.29. The number of thioether (sulfide) groups is 1. The van der Waals surface area contributed by atoms with Crippen LogP contribution in [0.5, 0.6) is 0 Å². The molecule has 0 aliphatic rings. The summed E-state index contributed by atoms with van der Waals surface area (Å²) in [6, 6.07) is 0. The van der Waals surface area contributed by atoms with Crippen LogP contribution in [0, 0.1) is 0 Å². The molecular formula is C6H11NO2S. The summed E-state index contributed by atoms with van der Waals surface area (Å²) in [5.74, 6) is 0.610. The van der Waals surface area contributed by atoms with Crippen LogP contribution in [0.2, 0.25) is 0 Å². The molecule has 0 saturated heterocycles. The summed E-state index contributed by atoms with van der Waals surface area (Å²) < 4.78 is 0. The Morgan fingerprint density at radius 2 is 2.00 bits per heavy atom. The van der Waals surface area contributed by atoms with Crippen LogP contribution in [0.25, 0.3) is 0 Å². The van der Waals surface area contributed by atoms with Crippen molar-refractivity contribution in [3.8, 4) is 0 Å². The quantitative estimate of drug-likeness (QED) is 0.609. The third kappa shape index (κ3) is 7.49. The van der Waals surface area contributed by atoms with Gasteiger partial charge in [-0.25, -0.2) is 0 Å². The SMILES string of the molecule is CC(=O)NCCSC(C)=O. The van der Waals surface area contributed by atoms with Crippen molar-refractivity contribution in [3.63, 3.8) is 0 Å². The van der Waals surface area contributed by atoms with E-state index in [1.807, 2.05) is 0 Å². The van der Waals surface area contributed by atoms with Gasteiger partial charge in [0.1, 0.15) is 0 Å². The number of nitrogens with one attached hydrogen (secondary N) is 1. The number of carbonyl (C=O) groups is 2. The lowest BCUT2D eigenvalue weighted by atomic mass is 10.6. The first-order valence-corrected chi connectivity index (χ1v) is 3.99. The first-order chi connectivity index (χ1) is 4.63. The Hall–Kier alpha value is -0.510. The van der Waals surface area contributed by atoms with E-state index in [0.717, 1.165) is 0 Å². The molecule has 0 spiro atoms. The average Bonchev–Trinajstić information content (AvgIpc) is 1.79. The molecule has 0 radical (unpaired) electrons. The molecule has 0 heterocycles. The van der Waals surface area contributed by atoms with Gasteiger partial charge in [0.25, 0.3) is 0 Å². The number of hydrogen-bond donors (Lipinski definition) is 1. The van der Waals surface area contributed by atoms with Gasteiger partial charge in [0.05, 0.1) is 0 Å². The average molecular weight is 161 g/mol. The summed E-state index contributed by atoms with van der Waals surface area (Å²) in [7, 11) is 0. The Balaban J connectivity index is 3.06. The molecule has 1 N–H and O–H groups in total. The normalized spacial score (nSPS) is 9.00. The van der Waals surface area contributed by atoms with Crippen LogP contribution in [0.1, 0.15) is 13.8 Å². The minimum Gasteiger partial charge on any atom is -0.356 e. The predicted molar refractivity (Wildman–Crippen MR) is 41.8 cm³/mol. The van der Waals surface area contributed by atoms with Crippen LogP contribution in [-0.4, -0.2) is 23.3 Å². The maximum Gasteiger partial charge on any atom is 0.216 e. The highest BCUT2D eigenvalue weighted by Gasteiger charge is 1.93. The molecule has 0 aliphatic carbocycles. The maximum atomic E-state index is 10.3. The Labute approximate surface area is 64.6 Å². The minimum atomic E-state index is -0.0517. The van der Waals surface area contributed by atoms with E-state index < -0.39 is 0 Å². The van der Waals surface area contributed by atoms with Crippen molar-refractivity contribution in [2.24, 2.45) is 0 Å². The van der Waals surface area contributed by atoms with Gasteiger partial charge in [-0.1, -0.05) is 11.8 Å². The van der Waals surface area contributed by atoms with Gasteiger partial charge in [0.2, 0.25) is 5.91 Å². The zero-order valence-corrected chi connectivity index (χ0v) is 6.96. The lowest BCUT2D eigenvalue weighted by Gasteiger charge is -1.97. The van der Waals surface area contributed by atoms with Crippen molar-refractivity contribution in [1.29, 1.82) is 0 Å². The van der Waals surface area contributed by atoms with Crippen LogP contribution >= 0.6 is 11.8 Å². The van der Waals surface area contributed by atoms with E-state index in [0.29, 0.717) is 12.3 Å². The van der Waals surface area contributed by atoms with Crippen LogP contribution in [0.3, 0.4) is 0 Å². The van der Waals surface area contributed by atoms with Gasteiger partial charge in [0, 0.05) is 26.1 Å². The van der Waals surface area contributed by atoms with Gasteiger partial charge >= 0.3 is 0 Å². The molecule has 0 aromatic heterocycles. The van der Waals surface area contributed by atoms with E-state index in [1.54, 1.807) is 0 Å². The molecule has 4 heteroatoms. The molecule has 0 aromatic carbocycles. The molecule has 10 heavy (non-hydrogen) atoms. The molecule has 3 nitrogen and oxygen atoms in total. The summed E-state index contributed by atoms with van der Waals surface area (Å²) in [6.45, 7) is 3.54. The van der Waals surface area contributed by atoms with E-state index in [1.165, 1.54) is 25.6 Å². The molecular weight excluding hydrogens is 150 g/mol. The fourth-order valence-corrected chi connectivity index (χ4v) is 0.913. The second-order valence-electron chi connectivity index (χ2n) is 1.82. The van der Waals surface area contributed by atoms with E-state index in [4.69, 9.17) is 0 Å². The van der Waals surface area contributed by atoms with E-state index in [-0.39, 0.29) is 11.0 Å². The summed E-state index contributed by atoms with van der Waals surface area (Å²) in [6.07, 6.45) is 0. The van der Waals surface area contributed by atoms with Crippen LogP contribution in [-0.2, 0) is 9.59 Å². The Morgan fingerprint density at radius 1 is 1.40 bits per heavy atom. The summed E-state index contributed by atoms with van der Waals surface area (Å²) in [5, 5.41) is 2.68. The summed E-state index contributed by atoms with van der Waals surface area (Å²) >= 11 is 1.22. The third-order valence-electron chi connectivity index (χ3n) is 0.781. The number of carbonyl (C=O) groups excluding carboxylic acids is 2. The fourth-order valence-electron chi connectivity index (χ4n) is 0.422. The molecule has 0 bridgehead atoms. The lowest BCUT2D eigenvalue weighted by Crippen LogP contribution is -2.22. The standard InChI is InChI=1S/C6H11NO2S/c1-5(8)7-3-4-10-6(2)9/h3-4H2,1-2H3,(H,7,8). The van der Waals surface area contributed by atoms with Gasteiger partial charge in [-0.2, -0.15) is 0 Å². The number of hydrogen-bond acceptors (Lipinski definition) is 3. The van der Waals surface area contributed by atoms with Crippen LogP contribution in [0.4, 0.5) is 0 Å². The Bertz CT molecular complexity index is 120. The monoisotopic (exact) mass is 161 g/mol. The van der Waals surface area contributed by atoms with Crippen molar-refractivity contribution in [3.05, 3.63) is 0 Å². The molecule has 0 atom stereocenters. The van der Waals surface area contributed by atoms with E-state index in [9.17, 15) is 9.59 Å². The Morgan fingerprint density at radius 3 is 2.40 bits per heavy atom. The maximum absolute atomic E-state index is 10.3. The highest BCUT2D eigenvalue weighted by atomic mass is 32.2. The van der Waals surface area contributed by atoms with Crippen molar-refractivity contribution < 1.29 is 9.59 Å². The molecule has 0 unspecified atom stereocenters. The smallest absolute Gasteiger partial charge is 0.216 e. The van der Waals surface area contributed by atoms with E-state index >= 15 is 0 Å². The predicted octanol–water partition coefficient (Wildman–Crippen LogP) is 0.402. The second-order valence-corrected chi connectivity index (χ2v) is 3.09. The van der Waals surface area contributed by atoms with Crippen molar-refractivity contribution in [2.75, 3.05) is 12.3 Å². The summed E-state index contributed by atoms with van der Waals surface area (Å²) in [4.78, 5) is 20.6. The Kier molecular flexibility index (Phi) is 5.02. The highest BCUT2D eigenvalue weighted by Crippen LogP contribution is 1.97. The van der Waals surface area contributed by atoms with Gasteiger partial charge in [-0.05, 0) is 0 Å². The third-order valence-corrected chi connectivity index (χ3v) is 1.60. The molecule has 0 aliphatic heterocycles. The van der Waals surface area contributed by atoms with Crippen molar-refractivity contribution in [2.45, 2.75) is 13.8 Å². The van der Waals surface area contributed by atoms with Gasteiger partial charge in [-0.15, -0.1) is 0 Å². The largest absolute Gasteiger partial charge is 0.356 e. The van der Waals surface area contributed by atoms with Gasteiger partial charge in [0.15, 0.2) is 5.12 Å². The highest BCUT2D eigenvalue weighted by molar-refractivity contribution is 8.13.